The summed E-state index contributed by atoms with van der Waals surface area (Å²) < 4.78 is 5.65. The molecule has 0 bridgehead atoms. The van der Waals surface area contributed by atoms with E-state index in [0.29, 0.717) is 21.8 Å². The van der Waals surface area contributed by atoms with E-state index in [2.05, 4.69) is 10.3 Å². The number of aromatic nitrogens is 1. The molecule has 0 atom stereocenters. The van der Waals surface area contributed by atoms with Crippen LogP contribution in [0.1, 0.15) is 0 Å². The lowest BCUT2D eigenvalue weighted by Gasteiger charge is -2.03. The average Bonchev–Trinajstić information content (AvgIpc) is 2.92. The minimum atomic E-state index is 0.405. The number of hydrogen-bond donors (Lipinski definition) is 1. The van der Waals surface area contributed by atoms with Crippen molar-refractivity contribution in [3.63, 3.8) is 0 Å². The van der Waals surface area contributed by atoms with Gasteiger partial charge in [0.2, 0.25) is 0 Å². The molecule has 3 nitrogen and oxygen atoms in total. The Labute approximate surface area is 126 Å². The fraction of sp³-hybridized carbons (Fsp3) is 0. The van der Waals surface area contributed by atoms with Gasteiger partial charge in [-0.25, -0.2) is 4.98 Å². The standard InChI is InChI=1S/C15H10Cl2N2O/c16-12-7-6-11(8-13(12)17)19-15-18-9-14(20-15)10-4-2-1-3-5-10/h1-9H,(H,18,19). The maximum Gasteiger partial charge on any atom is 0.299 e. The molecule has 2 aromatic carbocycles. The van der Waals surface area contributed by atoms with Crippen molar-refractivity contribution in [1.82, 2.24) is 4.98 Å². The number of hydrogen-bond acceptors (Lipinski definition) is 3. The summed E-state index contributed by atoms with van der Waals surface area (Å²) in [5.41, 5.74) is 1.74. The van der Waals surface area contributed by atoms with Gasteiger partial charge in [-0.3, -0.25) is 0 Å². The highest BCUT2D eigenvalue weighted by Crippen LogP contribution is 2.28. The van der Waals surface area contributed by atoms with Crippen LogP contribution in [0.15, 0.2) is 59.1 Å². The molecule has 0 aliphatic heterocycles. The normalized spacial score (nSPS) is 10.5. The molecule has 5 heteroatoms. The van der Waals surface area contributed by atoms with Gasteiger partial charge in [-0.2, -0.15) is 0 Å². The summed E-state index contributed by atoms with van der Waals surface area (Å²) in [6.45, 7) is 0. The van der Waals surface area contributed by atoms with Gasteiger partial charge in [-0.15, -0.1) is 0 Å². The van der Waals surface area contributed by atoms with Crippen LogP contribution in [0.25, 0.3) is 11.3 Å². The third kappa shape index (κ3) is 2.79. The smallest absolute Gasteiger partial charge is 0.299 e. The van der Waals surface area contributed by atoms with E-state index >= 15 is 0 Å². The molecule has 1 heterocycles. The maximum absolute atomic E-state index is 5.96. The van der Waals surface area contributed by atoms with E-state index in [-0.39, 0.29) is 0 Å². The van der Waals surface area contributed by atoms with E-state index in [1.807, 2.05) is 30.3 Å². The zero-order valence-corrected chi connectivity index (χ0v) is 11.8. The lowest BCUT2D eigenvalue weighted by molar-refractivity contribution is 0.592. The second kappa shape index (κ2) is 5.57. The molecule has 1 N–H and O–H groups in total. The van der Waals surface area contributed by atoms with Gasteiger partial charge < -0.3 is 9.73 Å². The van der Waals surface area contributed by atoms with Crippen LogP contribution in [0.2, 0.25) is 10.0 Å². The zero-order valence-electron chi connectivity index (χ0n) is 10.3. The Morgan fingerprint density at radius 3 is 2.50 bits per heavy atom. The van der Waals surface area contributed by atoms with Crippen molar-refractivity contribution in [1.29, 1.82) is 0 Å². The third-order valence-electron chi connectivity index (χ3n) is 2.73. The van der Waals surface area contributed by atoms with Gasteiger partial charge in [0.25, 0.3) is 6.01 Å². The van der Waals surface area contributed by atoms with E-state index in [4.69, 9.17) is 27.6 Å². The number of anilines is 2. The Morgan fingerprint density at radius 2 is 1.75 bits per heavy atom. The van der Waals surface area contributed by atoms with Gasteiger partial charge in [0.05, 0.1) is 16.2 Å². The molecular formula is C15H10Cl2N2O. The molecule has 0 aliphatic rings. The summed E-state index contributed by atoms with van der Waals surface area (Å²) in [5.74, 6) is 0.702. The van der Waals surface area contributed by atoms with Crippen molar-refractivity contribution in [2.45, 2.75) is 0 Å². The Bertz CT molecular complexity index is 726. The second-order valence-corrected chi connectivity index (χ2v) is 4.96. The molecule has 0 saturated carbocycles. The van der Waals surface area contributed by atoms with Crippen molar-refractivity contribution >= 4 is 34.9 Å². The molecule has 3 rings (SSSR count). The monoisotopic (exact) mass is 304 g/mol. The molecule has 0 saturated heterocycles. The summed E-state index contributed by atoms with van der Waals surface area (Å²) in [6.07, 6.45) is 1.68. The Balaban J connectivity index is 1.82. The van der Waals surface area contributed by atoms with E-state index in [1.165, 1.54) is 0 Å². The summed E-state index contributed by atoms with van der Waals surface area (Å²) in [6, 6.07) is 15.4. The van der Waals surface area contributed by atoms with Gasteiger partial charge in [0.1, 0.15) is 0 Å². The lowest BCUT2D eigenvalue weighted by atomic mass is 10.2. The van der Waals surface area contributed by atoms with E-state index < -0.39 is 0 Å². The first-order valence-electron chi connectivity index (χ1n) is 5.96. The molecule has 0 unspecified atom stereocenters. The molecule has 1 aromatic heterocycles. The first-order chi connectivity index (χ1) is 9.72. The van der Waals surface area contributed by atoms with Crippen molar-refractivity contribution in [2.75, 3.05) is 5.32 Å². The summed E-state index contributed by atoms with van der Waals surface area (Å²) >= 11 is 11.8. The first-order valence-corrected chi connectivity index (χ1v) is 6.71. The predicted octanol–water partition coefficient (Wildman–Crippen LogP) is 5.39. The summed E-state index contributed by atoms with van der Waals surface area (Å²) in [7, 11) is 0. The predicted molar refractivity (Wildman–Crippen MR) is 81.7 cm³/mol. The minimum absolute atomic E-state index is 0.405. The van der Waals surface area contributed by atoms with Crippen LogP contribution in [0.4, 0.5) is 11.7 Å². The van der Waals surface area contributed by atoms with Gasteiger partial charge in [-0.1, -0.05) is 53.5 Å². The SMILES string of the molecule is Clc1ccc(Nc2ncc(-c3ccccc3)o2)cc1Cl. The topological polar surface area (TPSA) is 38.1 Å². The van der Waals surface area contributed by atoms with Gasteiger partial charge in [0, 0.05) is 11.3 Å². The van der Waals surface area contributed by atoms with Crippen LogP contribution in [-0.2, 0) is 0 Å². The van der Waals surface area contributed by atoms with Crippen molar-refractivity contribution in [2.24, 2.45) is 0 Å². The third-order valence-corrected chi connectivity index (χ3v) is 3.47. The van der Waals surface area contributed by atoms with Gasteiger partial charge in [-0.05, 0) is 18.2 Å². The fourth-order valence-corrected chi connectivity index (χ4v) is 2.06. The number of nitrogens with zero attached hydrogens (tertiary/aromatic N) is 1. The van der Waals surface area contributed by atoms with Crippen LogP contribution in [0, 0.1) is 0 Å². The summed E-state index contributed by atoms with van der Waals surface area (Å²) in [5, 5.41) is 4.03. The Morgan fingerprint density at radius 1 is 0.950 bits per heavy atom. The molecule has 100 valence electrons. The maximum atomic E-state index is 5.96. The molecule has 0 amide bonds. The molecule has 0 radical (unpaired) electrons. The highest BCUT2D eigenvalue weighted by molar-refractivity contribution is 6.42. The quantitative estimate of drug-likeness (QED) is 0.704. The molecule has 0 fully saturated rings. The van der Waals surface area contributed by atoms with Crippen molar-refractivity contribution < 1.29 is 4.42 Å². The second-order valence-electron chi connectivity index (χ2n) is 4.15. The van der Waals surface area contributed by atoms with E-state index in [0.717, 1.165) is 11.3 Å². The highest BCUT2D eigenvalue weighted by Gasteiger charge is 2.07. The fourth-order valence-electron chi connectivity index (χ4n) is 1.77. The largest absolute Gasteiger partial charge is 0.423 e. The Kier molecular flexibility index (Phi) is 3.63. The van der Waals surface area contributed by atoms with Crippen molar-refractivity contribution in [3.8, 4) is 11.3 Å². The van der Waals surface area contributed by atoms with E-state index in [9.17, 15) is 0 Å². The van der Waals surface area contributed by atoms with Gasteiger partial charge >= 0.3 is 0 Å². The molecular weight excluding hydrogens is 295 g/mol. The molecule has 3 aromatic rings. The molecule has 0 spiro atoms. The number of benzene rings is 2. The molecule has 20 heavy (non-hydrogen) atoms. The van der Waals surface area contributed by atoms with Crippen LogP contribution < -0.4 is 5.32 Å². The average molecular weight is 305 g/mol. The number of halogens is 2. The number of nitrogens with one attached hydrogen (secondary N) is 1. The van der Waals surface area contributed by atoms with Crippen LogP contribution in [-0.4, -0.2) is 4.98 Å². The van der Waals surface area contributed by atoms with Crippen LogP contribution in [0.3, 0.4) is 0 Å². The number of rotatable bonds is 3. The first kappa shape index (κ1) is 13.0. The minimum Gasteiger partial charge on any atom is -0.423 e. The zero-order chi connectivity index (χ0) is 13.9. The van der Waals surface area contributed by atoms with Crippen LogP contribution in [0.5, 0.6) is 0 Å². The highest BCUT2D eigenvalue weighted by atomic mass is 35.5. The molecule has 0 aliphatic carbocycles. The number of oxazole rings is 1. The summed E-state index contributed by atoms with van der Waals surface area (Å²) in [4.78, 5) is 4.19. The van der Waals surface area contributed by atoms with E-state index in [1.54, 1.807) is 24.4 Å². The Hall–Kier alpha value is -1.97. The van der Waals surface area contributed by atoms with Gasteiger partial charge in [0.15, 0.2) is 5.76 Å². The lowest BCUT2D eigenvalue weighted by Crippen LogP contribution is -1.89. The van der Waals surface area contributed by atoms with Crippen molar-refractivity contribution in [3.05, 3.63) is 64.8 Å². The van der Waals surface area contributed by atoms with Crippen LogP contribution >= 0.6 is 23.2 Å².